The third-order valence-electron chi connectivity index (χ3n) is 10.0. The summed E-state index contributed by atoms with van der Waals surface area (Å²) in [6, 6.07) is 2.16. The van der Waals surface area contributed by atoms with E-state index in [1.807, 2.05) is 20.8 Å². The van der Waals surface area contributed by atoms with Crippen molar-refractivity contribution in [3.05, 3.63) is 23.3 Å². The number of carbonyl (C=O) groups excluding carboxylic acids is 2. The van der Waals surface area contributed by atoms with E-state index in [1.165, 1.54) is 0 Å². The number of Topliss-reactive ketones (excluding diaryl/α,β-unsaturated/α-hetero) is 1. The maximum atomic E-state index is 14.4. The Balaban J connectivity index is 1.88. The molecule has 0 amide bonds. The van der Waals surface area contributed by atoms with Crippen LogP contribution in [-0.2, 0) is 14.3 Å². The van der Waals surface area contributed by atoms with E-state index in [9.17, 15) is 30.2 Å². The van der Waals surface area contributed by atoms with Gasteiger partial charge in [-0.05, 0) is 54.6 Å². The number of fused-ring (bicyclic) bond motifs is 1. The molecule has 0 saturated heterocycles. The lowest BCUT2D eigenvalue weighted by Crippen LogP contribution is -2.66. The number of nitriles is 1. The van der Waals surface area contributed by atoms with Crippen LogP contribution in [0.3, 0.4) is 0 Å². The van der Waals surface area contributed by atoms with Crippen LogP contribution < -0.4 is 0 Å². The molecule has 7 heteroatoms. The number of rotatable bonds is 3. The van der Waals surface area contributed by atoms with Gasteiger partial charge in [0.05, 0.1) is 18.1 Å². The van der Waals surface area contributed by atoms with Gasteiger partial charge < -0.3 is 20.1 Å². The lowest BCUT2D eigenvalue weighted by Gasteiger charge is -2.48. The molecule has 0 aromatic rings. The summed E-state index contributed by atoms with van der Waals surface area (Å²) in [6.07, 6.45) is 4.20. The molecule has 0 aliphatic heterocycles. The minimum atomic E-state index is -2.20. The molecule has 0 heterocycles. The Labute approximate surface area is 207 Å². The number of nitrogens with zero attached hydrogens (tertiary/aromatic N) is 1. The van der Waals surface area contributed by atoms with Crippen molar-refractivity contribution in [3.8, 4) is 6.07 Å². The van der Waals surface area contributed by atoms with E-state index in [4.69, 9.17) is 4.74 Å². The van der Waals surface area contributed by atoms with E-state index in [2.05, 4.69) is 13.0 Å². The quantitative estimate of drug-likeness (QED) is 0.414. The van der Waals surface area contributed by atoms with Crippen molar-refractivity contribution < 1.29 is 29.6 Å². The standard InChI is InChI=1S/C28H39NO6/c1-16-13-27-18(3)11-17(2)25(4,5)20(22(27)32)12-19(14-30)21(31)28(27,34)23(16)35-24(33)26(15-29)9-7-6-8-10-26/h12-13,17-18,20-21,23,30-31,34H,6-11,14H2,1-5H3/t17-,18?,20+,21+,23-,27?,28-/m0/s1. The summed E-state index contributed by atoms with van der Waals surface area (Å²) < 4.78 is 5.95. The Kier molecular flexibility index (Phi) is 6.36. The van der Waals surface area contributed by atoms with Gasteiger partial charge in [0.2, 0.25) is 0 Å². The van der Waals surface area contributed by atoms with E-state index < -0.39 is 52.5 Å². The third-order valence-corrected chi connectivity index (χ3v) is 10.0. The van der Waals surface area contributed by atoms with Gasteiger partial charge in [-0.25, -0.2) is 0 Å². The highest BCUT2D eigenvalue weighted by molar-refractivity contribution is 5.95. The van der Waals surface area contributed by atoms with E-state index in [0.29, 0.717) is 24.8 Å². The molecule has 7 nitrogen and oxygen atoms in total. The number of ketones is 1. The molecule has 1 spiro atoms. The highest BCUT2D eigenvalue weighted by Crippen LogP contribution is 2.62. The molecule has 0 aromatic carbocycles. The molecule has 2 fully saturated rings. The second-order valence-electron chi connectivity index (χ2n) is 12.1. The van der Waals surface area contributed by atoms with Gasteiger partial charge in [0.15, 0.2) is 22.9 Å². The largest absolute Gasteiger partial charge is 0.453 e. The second-order valence-corrected chi connectivity index (χ2v) is 12.1. The molecule has 2 unspecified atom stereocenters. The fourth-order valence-electron chi connectivity index (χ4n) is 7.39. The summed E-state index contributed by atoms with van der Waals surface area (Å²) in [7, 11) is 0. The van der Waals surface area contributed by atoms with E-state index in [0.717, 1.165) is 19.3 Å². The van der Waals surface area contributed by atoms with Gasteiger partial charge >= 0.3 is 5.97 Å². The van der Waals surface area contributed by atoms with Gasteiger partial charge in [0.25, 0.3) is 0 Å². The predicted octanol–water partition coefficient (Wildman–Crippen LogP) is 3.23. The molecule has 4 rings (SSSR count). The van der Waals surface area contributed by atoms with E-state index in [1.54, 1.807) is 19.1 Å². The predicted molar refractivity (Wildman–Crippen MR) is 129 cm³/mol. The smallest absolute Gasteiger partial charge is 0.327 e. The molecule has 0 radical (unpaired) electrons. The first-order valence-electron chi connectivity index (χ1n) is 12.9. The van der Waals surface area contributed by atoms with Crippen LogP contribution >= 0.6 is 0 Å². The lowest BCUT2D eigenvalue weighted by molar-refractivity contribution is -0.207. The average molecular weight is 486 g/mol. The van der Waals surface area contributed by atoms with Crippen LogP contribution in [0.15, 0.2) is 23.3 Å². The molecule has 7 atom stereocenters. The van der Waals surface area contributed by atoms with E-state index >= 15 is 0 Å². The topological polar surface area (TPSA) is 128 Å². The van der Waals surface area contributed by atoms with Gasteiger partial charge in [0, 0.05) is 5.92 Å². The first kappa shape index (κ1) is 26.1. The number of aliphatic hydroxyl groups excluding tert-OH is 2. The number of allylic oxidation sites excluding steroid dienone is 1. The zero-order valence-electron chi connectivity index (χ0n) is 21.5. The summed E-state index contributed by atoms with van der Waals surface area (Å²) in [5.41, 5.74) is -4.85. The van der Waals surface area contributed by atoms with Crippen LogP contribution in [0.25, 0.3) is 0 Å². The molecule has 192 valence electrons. The lowest BCUT2D eigenvalue weighted by atomic mass is 9.59. The highest BCUT2D eigenvalue weighted by Gasteiger charge is 2.73. The van der Waals surface area contributed by atoms with Gasteiger partial charge in [0.1, 0.15) is 6.10 Å². The van der Waals surface area contributed by atoms with Crippen molar-refractivity contribution in [2.24, 2.45) is 34.0 Å². The summed E-state index contributed by atoms with van der Waals surface area (Å²) >= 11 is 0. The van der Waals surface area contributed by atoms with Crippen LogP contribution in [0.1, 0.15) is 73.1 Å². The Hall–Kier alpha value is -2.01. The van der Waals surface area contributed by atoms with Crippen molar-refractivity contribution in [1.29, 1.82) is 5.26 Å². The van der Waals surface area contributed by atoms with Crippen LogP contribution in [0.5, 0.6) is 0 Å². The molecule has 2 saturated carbocycles. The van der Waals surface area contributed by atoms with Gasteiger partial charge in [-0.2, -0.15) is 5.26 Å². The van der Waals surface area contributed by atoms with Crippen molar-refractivity contribution in [2.45, 2.75) is 91.0 Å². The fourth-order valence-corrected chi connectivity index (χ4v) is 7.39. The molecular weight excluding hydrogens is 446 g/mol. The minimum Gasteiger partial charge on any atom is -0.453 e. The molecule has 4 aliphatic rings. The molecule has 4 aliphatic carbocycles. The maximum absolute atomic E-state index is 14.4. The molecule has 2 bridgehead atoms. The van der Waals surface area contributed by atoms with Crippen molar-refractivity contribution in [3.63, 3.8) is 0 Å². The molecule has 0 aromatic heterocycles. The molecular formula is C28H39NO6. The summed E-state index contributed by atoms with van der Waals surface area (Å²) in [4.78, 5) is 27.9. The van der Waals surface area contributed by atoms with Gasteiger partial charge in [-0.3, -0.25) is 9.59 Å². The summed E-state index contributed by atoms with van der Waals surface area (Å²) in [5.74, 6) is -1.84. The number of aliphatic hydroxyl groups is 3. The van der Waals surface area contributed by atoms with Crippen LogP contribution in [0.2, 0.25) is 0 Å². The van der Waals surface area contributed by atoms with Crippen molar-refractivity contribution in [2.75, 3.05) is 6.61 Å². The first-order chi connectivity index (χ1) is 16.3. The second kappa shape index (κ2) is 8.54. The zero-order valence-corrected chi connectivity index (χ0v) is 21.5. The zero-order chi connectivity index (χ0) is 26.0. The number of hydrogen-bond acceptors (Lipinski definition) is 7. The normalized spacial score (nSPS) is 42.0. The Morgan fingerprint density at radius 2 is 1.83 bits per heavy atom. The monoisotopic (exact) mass is 485 g/mol. The first-order valence-corrected chi connectivity index (χ1v) is 12.9. The van der Waals surface area contributed by atoms with Crippen molar-refractivity contribution >= 4 is 11.8 Å². The summed E-state index contributed by atoms with van der Waals surface area (Å²) in [5, 5.41) is 44.2. The Bertz CT molecular complexity index is 1010. The Morgan fingerprint density at radius 1 is 1.20 bits per heavy atom. The molecule has 35 heavy (non-hydrogen) atoms. The number of hydrogen-bond donors (Lipinski definition) is 3. The summed E-state index contributed by atoms with van der Waals surface area (Å²) in [6.45, 7) is 9.17. The fraction of sp³-hybridized carbons (Fsp3) is 0.750. The average Bonchev–Trinajstić information content (AvgIpc) is 3.00. The number of esters is 1. The van der Waals surface area contributed by atoms with Crippen LogP contribution in [0, 0.1) is 45.3 Å². The van der Waals surface area contributed by atoms with Gasteiger partial charge in [-0.15, -0.1) is 0 Å². The van der Waals surface area contributed by atoms with Gasteiger partial charge in [-0.1, -0.05) is 59.1 Å². The number of ether oxygens (including phenoxy) is 1. The van der Waals surface area contributed by atoms with Crippen LogP contribution in [0.4, 0.5) is 0 Å². The Morgan fingerprint density at radius 3 is 2.40 bits per heavy atom. The minimum absolute atomic E-state index is 0.112. The SMILES string of the molecule is CC1=CC23C(=O)[C@@H](C=C(CO)[C@@H](O)[C@]2(O)[C@H]1OC(=O)C1(C#N)CCCCC1)C(C)(C)[C@@H](C)CC3C. The maximum Gasteiger partial charge on any atom is 0.327 e. The number of carbonyl (C=O) groups is 2. The third kappa shape index (κ3) is 3.33. The van der Waals surface area contributed by atoms with Crippen LogP contribution in [-0.4, -0.2) is 51.5 Å². The van der Waals surface area contributed by atoms with E-state index in [-0.39, 0.29) is 23.2 Å². The highest BCUT2D eigenvalue weighted by atomic mass is 16.6. The van der Waals surface area contributed by atoms with Crippen molar-refractivity contribution in [1.82, 2.24) is 0 Å². The molecule has 3 N–H and O–H groups in total.